The van der Waals surface area contributed by atoms with Crippen molar-refractivity contribution in [2.75, 3.05) is 19.7 Å². The van der Waals surface area contributed by atoms with Crippen LogP contribution in [0.2, 0.25) is 0 Å². The summed E-state index contributed by atoms with van der Waals surface area (Å²) in [5.41, 5.74) is 7.36. The molecule has 20 heavy (non-hydrogen) atoms. The van der Waals surface area contributed by atoms with Gasteiger partial charge in [-0.2, -0.15) is 0 Å². The number of nitrogens with two attached hydrogens (primary N) is 1. The van der Waals surface area contributed by atoms with Gasteiger partial charge >= 0.3 is 0 Å². The Labute approximate surface area is 122 Å². The Hall–Kier alpha value is -1.06. The Kier molecular flexibility index (Phi) is 4.27. The van der Waals surface area contributed by atoms with Crippen molar-refractivity contribution < 1.29 is 4.74 Å². The summed E-state index contributed by atoms with van der Waals surface area (Å²) in [7, 11) is 0. The third-order valence-corrected chi connectivity index (χ3v) is 4.56. The number of likely N-dealkylation sites (tertiary alicyclic amines) is 1. The summed E-state index contributed by atoms with van der Waals surface area (Å²) >= 11 is 0. The van der Waals surface area contributed by atoms with Gasteiger partial charge in [0.1, 0.15) is 5.75 Å². The standard InChI is InChI=1S/C17H26N2O/c1-13(18)16-8-9-19(11-16)10-14-4-6-17(7-5-14)20-12-15-2-3-15/h4-7,13,15-16H,2-3,8-12,18H2,1H3. The third-order valence-electron chi connectivity index (χ3n) is 4.56. The van der Waals surface area contributed by atoms with E-state index in [-0.39, 0.29) is 0 Å². The van der Waals surface area contributed by atoms with Crippen molar-refractivity contribution in [3.05, 3.63) is 29.8 Å². The second-order valence-electron chi connectivity index (χ2n) is 6.54. The predicted octanol–water partition coefficient (Wildman–Crippen LogP) is 2.64. The van der Waals surface area contributed by atoms with Crippen LogP contribution in [0.5, 0.6) is 5.75 Å². The summed E-state index contributed by atoms with van der Waals surface area (Å²) in [6.45, 7) is 6.36. The first kappa shape index (κ1) is 13.9. The predicted molar refractivity (Wildman–Crippen MR) is 81.7 cm³/mol. The molecule has 1 saturated heterocycles. The molecule has 0 amide bonds. The fraction of sp³-hybridized carbons (Fsp3) is 0.647. The minimum Gasteiger partial charge on any atom is -0.493 e. The quantitative estimate of drug-likeness (QED) is 0.866. The van der Waals surface area contributed by atoms with Crippen LogP contribution >= 0.6 is 0 Å². The monoisotopic (exact) mass is 274 g/mol. The molecular weight excluding hydrogens is 248 g/mol. The number of hydrogen-bond donors (Lipinski definition) is 1. The van der Waals surface area contributed by atoms with Crippen molar-refractivity contribution in [3.8, 4) is 5.75 Å². The van der Waals surface area contributed by atoms with E-state index in [1.165, 1.54) is 31.4 Å². The highest BCUT2D eigenvalue weighted by Crippen LogP contribution is 2.29. The Balaban J connectivity index is 1.47. The minimum atomic E-state index is 0.318. The first-order valence-corrected chi connectivity index (χ1v) is 7.90. The van der Waals surface area contributed by atoms with E-state index in [1.807, 2.05) is 0 Å². The Bertz CT molecular complexity index is 425. The maximum atomic E-state index is 5.99. The number of nitrogens with zero attached hydrogens (tertiary/aromatic N) is 1. The van der Waals surface area contributed by atoms with Gasteiger partial charge in [-0.15, -0.1) is 0 Å². The fourth-order valence-corrected chi connectivity index (χ4v) is 2.88. The topological polar surface area (TPSA) is 38.5 Å². The van der Waals surface area contributed by atoms with E-state index in [9.17, 15) is 0 Å². The SMILES string of the molecule is CC(N)C1CCN(Cc2ccc(OCC3CC3)cc2)C1. The van der Waals surface area contributed by atoms with Gasteiger partial charge in [0.2, 0.25) is 0 Å². The molecule has 0 bridgehead atoms. The smallest absolute Gasteiger partial charge is 0.119 e. The van der Waals surface area contributed by atoms with E-state index in [4.69, 9.17) is 10.5 Å². The molecule has 0 aromatic heterocycles. The van der Waals surface area contributed by atoms with Gasteiger partial charge in [-0.1, -0.05) is 12.1 Å². The maximum absolute atomic E-state index is 5.99. The minimum absolute atomic E-state index is 0.318. The van der Waals surface area contributed by atoms with Crippen LogP contribution in [0.25, 0.3) is 0 Å². The highest BCUT2D eigenvalue weighted by Gasteiger charge is 2.25. The number of benzene rings is 1. The van der Waals surface area contributed by atoms with Crippen LogP contribution < -0.4 is 10.5 Å². The van der Waals surface area contributed by atoms with Crippen molar-refractivity contribution in [3.63, 3.8) is 0 Å². The van der Waals surface area contributed by atoms with Gasteiger partial charge in [-0.3, -0.25) is 4.90 Å². The molecule has 3 rings (SSSR count). The molecule has 3 heteroatoms. The molecule has 2 atom stereocenters. The van der Waals surface area contributed by atoms with Crippen molar-refractivity contribution in [2.24, 2.45) is 17.6 Å². The van der Waals surface area contributed by atoms with E-state index in [0.717, 1.165) is 31.4 Å². The zero-order valence-corrected chi connectivity index (χ0v) is 12.4. The molecule has 1 aliphatic carbocycles. The second kappa shape index (κ2) is 6.15. The van der Waals surface area contributed by atoms with E-state index >= 15 is 0 Å². The average Bonchev–Trinajstić information content (AvgIpc) is 3.15. The Morgan fingerprint density at radius 2 is 2.00 bits per heavy atom. The molecule has 2 fully saturated rings. The Morgan fingerprint density at radius 3 is 2.60 bits per heavy atom. The molecule has 1 saturated carbocycles. The van der Waals surface area contributed by atoms with Crippen LogP contribution in [0.15, 0.2) is 24.3 Å². The average molecular weight is 274 g/mol. The van der Waals surface area contributed by atoms with Crippen LogP contribution in [0.3, 0.4) is 0 Å². The van der Waals surface area contributed by atoms with Gasteiger partial charge in [-0.25, -0.2) is 0 Å². The molecule has 2 aliphatic rings. The molecule has 2 unspecified atom stereocenters. The second-order valence-corrected chi connectivity index (χ2v) is 6.54. The van der Waals surface area contributed by atoms with E-state index in [2.05, 4.69) is 36.1 Å². The molecule has 110 valence electrons. The summed E-state index contributed by atoms with van der Waals surface area (Å²) in [5, 5.41) is 0. The summed E-state index contributed by atoms with van der Waals surface area (Å²) in [4.78, 5) is 2.51. The molecule has 1 aromatic carbocycles. The van der Waals surface area contributed by atoms with Crippen LogP contribution in [0.4, 0.5) is 0 Å². The van der Waals surface area contributed by atoms with Crippen molar-refractivity contribution in [1.29, 1.82) is 0 Å². The normalized spacial score (nSPS) is 24.8. The first-order valence-electron chi connectivity index (χ1n) is 7.90. The van der Waals surface area contributed by atoms with E-state index < -0.39 is 0 Å². The lowest BCUT2D eigenvalue weighted by Crippen LogP contribution is -2.29. The summed E-state index contributed by atoms with van der Waals surface area (Å²) < 4.78 is 5.77. The van der Waals surface area contributed by atoms with E-state index in [0.29, 0.717) is 12.0 Å². The fourth-order valence-electron chi connectivity index (χ4n) is 2.88. The summed E-state index contributed by atoms with van der Waals surface area (Å²) in [6, 6.07) is 8.93. The lowest BCUT2D eigenvalue weighted by atomic mass is 10.0. The number of rotatable bonds is 6. The lowest BCUT2D eigenvalue weighted by Gasteiger charge is -2.18. The molecular formula is C17H26N2O. The molecule has 2 N–H and O–H groups in total. The first-order chi connectivity index (χ1) is 9.70. The van der Waals surface area contributed by atoms with Crippen LogP contribution in [0.1, 0.15) is 31.7 Å². The van der Waals surface area contributed by atoms with Crippen molar-refractivity contribution in [2.45, 2.75) is 38.8 Å². The zero-order chi connectivity index (χ0) is 13.9. The van der Waals surface area contributed by atoms with Gasteiger partial charge < -0.3 is 10.5 Å². The number of ether oxygens (including phenoxy) is 1. The van der Waals surface area contributed by atoms with Gasteiger partial charge in [0, 0.05) is 19.1 Å². The molecule has 1 heterocycles. The van der Waals surface area contributed by atoms with Crippen LogP contribution in [-0.2, 0) is 6.54 Å². The highest BCUT2D eigenvalue weighted by atomic mass is 16.5. The summed E-state index contributed by atoms with van der Waals surface area (Å²) in [5.74, 6) is 2.49. The van der Waals surface area contributed by atoms with Crippen LogP contribution in [-0.4, -0.2) is 30.6 Å². The molecule has 3 nitrogen and oxygen atoms in total. The van der Waals surface area contributed by atoms with Gasteiger partial charge in [-0.05, 0) is 62.3 Å². The zero-order valence-electron chi connectivity index (χ0n) is 12.4. The van der Waals surface area contributed by atoms with Crippen molar-refractivity contribution in [1.82, 2.24) is 4.90 Å². The maximum Gasteiger partial charge on any atom is 0.119 e. The number of hydrogen-bond acceptors (Lipinski definition) is 3. The molecule has 0 radical (unpaired) electrons. The van der Waals surface area contributed by atoms with Crippen LogP contribution in [0, 0.1) is 11.8 Å². The molecule has 1 aromatic rings. The molecule has 0 spiro atoms. The van der Waals surface area contributed by atoms with Crippen molar-refractivity contribution >= 4 is 0 Å². The highest BCUT2D eigenvalue weighted by molar-refractivity contribution is 5.27. The summed E-state index contributed by atoms with van der Waals surface area (Å²) in [6.07, 6.45) is 3.92. The third kappa shape index (κ3) is 3.74. The largest absolute Gasteiger partial charge is 0.493 e. The van der Waals surface area contributed by atoms with Gasteiger partial charge in [0.15, 0.2) is 0 Å². The Morgan fingerprint density at radius 1 is 1.25 bits per heavy atom. The van der Waals surface area contributed by atoms with E-state index in [1.54, 1.807) is 0 Å². The lowest BCUT2D eigenvalue weighted by molar-refractivity contribution is 0.298. The van der Waals surface area contributed by atoms with Gasteiger partial charge in [0.05, 0.1) is 6.61 Å². The van der Waals surface area contributed by atoms with Gasteiger partial charge in [0.25, 0.3) is 0 Å². The molecule has 1 aliphatic heterocycles.